The molecule has 7 nitrogen and oxygen atoms in total. The molecule has 1 aromatic heterocycles. The van der Waals surface area contributed by atoms with Crippen LogP contribution in [0, 0.1) is 0 Å². The van der Waals surface area contributed by atoms with Gasteiger partial charge in [0, 0.05) is 30.4 Å². The molecule has 0 aliphatic rings. The summed E-state index contributed by atoms with van der Waals surface area (Å²) in [7, 11) is 5.04. The maximum atomic E-state index is 13.0. The summed E-state index contributed by atoms with van der Waals surface area (Å²) in [6, 6.07) is 15.3. The number of amides is 1. The van der Waals surface area contributed by atoms with E-state index in [9.17, 15) is 4.79 Å². The van der Waals surface area contributed by atoms with Gasteiger partial charge < -0.3 is 20.1 Å². The Morgan fingerprint density at radius 2 is 1.90 bits per heavy atom. The van der Waals surface area contributed by atoms with Crippen molar-refractivity contribution in [3.63, 3.8) is 0 Å². The summed E-state index contributed by atoms with van der Waals surface area (Å²) in [6.45, 7) is 2.51. The normalized spacial score (nSPS) is 11.7. The molecule has 29 heavy (non-hydrogen) atoms. The van der Waals surface area contributed by atoms with Crippen LogP contribution in [0.25, 0.3) is 16.9 Å². The Balaban J connectivity index is 2.07. The number of hydrogen-bond donors (Lipinski definition) is 2. The Bertz CT molecular complexity index is 969. The Morgan fingerprint density at radius 3 is 2.55 bits per heavy atom. The molecule has 0 saturated heterocycles. The van der Waals surface area contributed by atoms with Crippen molar-refractivity contribution in [3.05, 3.63) is 60.3 Å². The van der Waals surface area contributed by atoms with Gasteiger partial charge in [0.2, 0.25) is 0 Å². The zero-order valence-corrected chi connectivity index (χ0v) is 17.1. The zero-order valence-electron chi connectivity index (χ0n) is 17.1. The maximum absolute atomic E-state index is 13.0. The first-order valence-corrected chi connectivity index (χ1v) is 9.40. The summed E-state index contributed by atoms with van der Waals surface area (Å²) < 4.78 is 12.5. The van der Waals surface area contributed by atoms with E-state index in [0.717, 1.165) is 11.3 Å². The van der Waals surface area contributed by atoms with Crippen LogP contribution in [0.4, 0.5) is 0 Å². The van der Waals surface area contributed by atoms with Crippen LogP contribution in [-0.4, -0.2) is 49.5 Å². The number of hydrogen-bond acceptors (Lipinski definition) is 5. The minimum atomic E-state index is -0.192. The number of likely N-dealkylation sites (N-methyl/N-ethyl adjacent to an activating group) is 1. The minimum Gasteiger partial charge on any atom is -0.497 e. The molecule has 0 aliphatic heterocycles. The summed E-state index contributed by atoms with van der Waals surface area (Å²) in [5.41, 5.74) is 2.60. The fourth-order valence-corrected chi connectivity index (χ4v) is 2.89. The first-order valence-electron chi connectivity index (χ1n) is 9.40. The molecule has 152 valence electrons. The topological polar surface area (TPSA) is 77.4 Å². The quantitative estimate of drug-likeness (QED) is 0.614. The molecule has 0 saturated carbocycles. The summed E-state index contributed by atoms with van der Waals surface area (Å²) in [4.78, 5) is 13.0. The molecule has 1 amide bonds. The van der Waals surface area contributed by atoms with Gasteiger partial charge in [0.25, 0.3) is 5.91 Å². The summed E-state index contributed by atoms with van der Waals surface area (Å²) in [5.74, 6) is 1.06. The van der Waals surface area contributed by atoms with Gasteiger partial charge in [-0.05, 0) is 38.2 Å². The molecule has 0 spiro atoms. The van der Waals surface area contributed by atoms with Crippen LogP contribution in [0.1, 0.15) is 17.3 Å². The SMILES string of the molecule is CNC(C)CNC(=O)c1cn(-c2ccccc2)nc1-c1ccc(OC)cc1OC. The smallest absolute Gasteiger partial charge is 0.255 e. The molecular formula is C22H26N4O3. The third-order valence-corrected chi connectivity index (χ3v) is 4.71. The number of nitrogens with one attached hydrogen (secondary N) is 2. The highest BCUT2D eigenvalue weighted by atomic mass is 16.5. The number of carbonyl (C=O) groups excluding carboxylic acids is 1. The first kappa shape index (κ1) is 20.4. The Labute approximate surface area is 170 Å². The van der Waals surface area contributed by atoms with Crippen molar-refractivity contribution >= 4 is 5.91 Å². The summed E-state index contributed by atoms with van der Waals surface area (Å²) >= 11 is 0. The summed E-state index contributed by atoms with van der Waals surface area (Å²) in [5, 5.41) is 10.8. The third-order valence-electron chi connectivity index (χ3n) is 4.71. The number of nitrogens with zero attached hydrogens (tertiary/aromatic N) is 2. The van der Waals surface area contributed by atoms with E-state index in [-0.39, 0.29) is 11.9 Å². The molecule has 3 rings (SSSR count). The highest BCUT2D eigenvalue weighted by molar-refractivity contribution is 6.00. The average Bonchev–Trinajstić information content (AvgIpc) is 3.22. The van der Waals surface area contributed by atoms with Crippen LogP contribution in [0.15, 0.2) is 54.7 Å². The first-order chi connectivity index (χ1) is 14.1. The number of benzene rings is 2. The molecule has 0 bridgehead atoms. The second-order valence-electron chi connectivity index (χ2n) is 6.64. The van der Waals surface area contributed by atoms with E-state index in [4.69, 9.17) is 14.6 Å². The van der Waals surface area contributed by atoms with Crippen molar-refractivity contribution in [1.82, 2.24) is 20.4 Å². The van der Waals surface area contributed by atoms with Crippen LogP contribution in [0.2, 0.25) is 0 Å². The van der Waals surface area contributed by atoms with E-state index in [2.05, 4.69) is 10.6 Å². The molecular weight excluding hydrogens is 368 g/mol. The van der Waals surface area contributed by atoms with Gasteiger partial charge in [0.1, 0.15) is 17.2 Å². The van der Waals surface area contributed by atoms with Crippen molar-refractivity contribution in [3.8, 4) is 28.4 Å². The van der Waals surface area contributed by atoms with Crippen LogP contribution in [0.3, 0.4) is 0 Å². The Hall–Kier alpha value is -3.32. The van der Waals surface area contributed by atoms with Gasteiger partial charge in [-0.25, -0.2) is 4.68 Å². The fourth-order valence-electron chi connectivity index (χ4n) is 2.89. The molecule has 1 heterocycles. The van der Waals surface area contributed by atoms with E-state index in [1.807, 2.05) is 56.4 Å². The molecule has 7 heteroatoms. The Kier molecular flexibility index (Phi) is 6.51. The zero-order chi connectivity index (χ0) is 20.8. The van der Waals surface area contributed by atoms with Gasteiger partial charge in [-0.2, -0.15) is 5.10 Å². The highest BCUT2D eigenvalue weighted by Gasteiger charge is 2.22. The van der Waals surface area contributed by atoms with Gasteiger partial charge in [0.05, 0.1) is 25.5 Å². The van der Waals surface area contributed by atoms with Gasteiger partial charge >= 0.3 is 0 Å². The molecule has 1 atom stereocenters. The number of ether oxygens (including phenoxy) is 2. The largest absolute Gasteiger partial charge is 0.497 e. The lowest BCUT2D eigenvalue weighted by Crippen LogP contribution is -2.37. The second-order valence-corrected chi connectivity index (χ2v) is 6.64. The lowest BCUT2D eigenvalue weighted by Gasteiger charge is -2.12. The monoisotopic (exact) mass is 394 g/mol. The lowest BCUT2D eigenvalue weighted by atomic mass is 10.1. The predicted molar refractivity (Wildman–Crippen MR) is 113 cm³/mol. The van der Waals surface area contributed by atoms with Crippen molar-refractivity contribution in [2.24, 2.45) is 0 Å². The van der Waals surface area contributed by atoms with Crippen molar-refractivity contribution in [1.29, 1.82) is 0 Å². The fraction of sp³-hybridized carbons (Fsp3) is 0.273. The predicted octanol–water partition coefficient (Wildman–Crippen LogP) is 2.89. The average molecular weight is 394 g/mol. The number of methoxy groups -OCH3 is 2. The number of aromatic nitrogens is 2. The van der Waals surface area contributed by atoms with Crippen LogP contribution in [0.5, 0.6) is 11.5 Å². The van der Waals surface area contributed by atoms with E-state index in [0.29, 0.717) is 29.3 Å². The van der Waals surface area contributed by atoms with E-state index < -0.39 is 0 Å². The maximum Gasteiger partial charge on any atom is 0.255 e. The van der Waals surface area contributed by atoms with Gasteiger partial charge in [-0.3, -0.25) is 4.79 Å². The molecule has 0 fully saturated rings. The van der Waals surface area contributed by atoms with Crippen molar-refractivity contribution < 1.29 is 14.3 Å². The summed E-state index contributed by atoms with van der Waals surface area (Å²) in [6.07, 6.45) is 1.74. The van der Waals surface area contributed by atoms with Crippen LogP contribution >= 0.6 is 0 Å². The molecule has 2 N–H and O–H groups in total. The van der Waals surface area contributed by atoms with Crippen molar-refractivity contribution in [2.45, 2.75) is 13.0 Å². The number of para-hydroxylation sites is 1. The van der Waals surface area contributed by atoms with Gasteiger partial charge in [-0.1, -0.05) is 18.2 Å². The lowest BCUT2D eigenvalue weighted by molar-refractivity contribution is 0.0951. The highest BCUT2D eigenvalue weighted by Crippen LogP contribution is 2.34. The molecule has 2 aromatic carbocycles. The second kappa shape index (κ2) is 9.25. The van der Waals surface area contributed by atoms with Gasteiger partial charge in [0.15, 0.2) is 0 Å². The molecule has 1 unspecified atom stereocenters. The standard InChI is InChI=1S/C22H26N4O3/c1-15(23-2)13-24-22(27)19-14-26(16-8-6-5-7-9-16)25-21(19)18-11-10-17(28-3)12-20(18)29-4/h5-12,14-15,23H,13H2,1-4H3,(H,24,27). The molecule has 3 aromatic rings. The number of carbonyl (C=O) groups is 1. The van der Waals surface area contributed by atoms with E-state index >= 15 is 0 Å². The third kappa shape index (κ3) is 4.57. The van der Waals surface area contributed by atoms with E-state index in [1.165, 1.54) is 0 Å². The molecule has 0 radical (unpaired) electrons. The Morgan fingerprint density at radius 1 is 1.14 bits per heavy atom. The van der Waals surface area contributed by atoms with Crippen LogP contribution in [-0.2, 0) is 0 Å². The van der Waals surface area contributed by atoms with Crippen molar-refractivity contribution in [2.75, 3.05) is 27.8 Å². The van der Waals surface area contributed by atoms with Crippen LogP contribution < -0.4 is 20.1 Å². The number of rotatable bonds is 8. The van der Waals surface area contributed by atoms with E-state index in [1.54, 1.807) is 31.2 Å². The van der Waals surface area contributed by atoms with Gasteiger partial charge in [-0.15, -0.1) is 0 Å². The molecule has 0 aliphatic carbocycles. The minimum absolute atomic E-state index is 0.155.